The van der Waals surface area contributed by atoms with Crippen LogP contribution in [0.25, 0.3) is 5.69 Å². The maximum atomic E-state index is 12.1. The van der Waals surface area contributed by atoms with E-state index in [4.69, 9.17) is 0 Å². The number of benzene rings is 2. The standard InChI is InChI=1S/C17H17N5O/c1-13-19-20-21-22(13)16-9-7-15(8-10-16)17(23)18-12-11-14-5-3-2-4-6-14/h2-10H,11-12H2,1H3,(H,18,23). The molecule has 1 amide bonds. The zero-order chi connectivity index (χ0) is 16.1. The molecule has 6 nitrogen and oxygen atoms in total. The van der Waals surface area contributed by atoms with E-state index in [1.807, 2.05) is 37.3 Å². The zero-order valence-electron chi connectivity index (χ0n) is 12.8. The summed E-state index contributed by atoms with van der Waals surface area (Å²) in [5, 5.41) is 14.3. The topological polar surface area (TPSA) is 72.7 Å². The summed E-state index contributed by atoms with van der Waals surface area (Å²) < 4.78 is 1.62. The Balaban J connectivity index is 1.59. The maximum Gasteiger partial charge on any atom is 0.251 e. The molecular weight excluding hydrogens is 290 g/mol. The average molecular weight is 307 g/mol. The molecule has 0 saturated carbocycles. The predicted molar refractivity (Wildman–Crippen MR) is 86.4 cm³/mol. The second kappa shape index (κ2) is 6.83. The molecule has 0 aliphatic carbocycles. The fourth-order valence-corrected chi connectivity index (χ4v) is 2.29. The van der Waals surface area contributed by atoms with Gasteiger partial charge in [-0.1, -0.05) is 30.3 Å². The predicted octanol–water partition coefficient (Wildman–Crippen LogP) is 1.94. The summed E-state index contributed by atoms with van der Waals surface area (Å²) in [5.41, 5.74) is 2.65. The van der Waals surface area contributed by atoms with Gasteiger partial charge in [0.05, 0.1) is 5.69 Å². The van der Waals surface area contributed by atoms with Crippen molar-refractivity contribution in [3.63, 3.8) is 0 Å². The lowest BCUT2D eigenvalue weighted by molar-refractivity contribution is 0.0954. The van der Waals surface area contributed by atoms with Crippen molar-refractivity contribution in [1.29, 1.82) is 0 Å². The van der Waals surface area contributed by atoms with Gasteiger partial charge in [-0.3, -0.25) is 4.79 Å². The van der Waals surface area contributed by atoms with Crippen molar-refractivity contribution in [1.82, 2.24) is 25.5 Å². The van der Waals surface area contributed by atoms with E-state index in [-0.39, 0.29) is 5.91 Å². The van der Waals surface area contributed by atoms with Crippen LogP contribution in [0.4, 0.5) is 0 Å². The molecule has 1 heterocycles. The van der Waals surface area contributed by atoms with Gasteiger partial charge in [0.2, 0.25) is 0 Å². The molecule has 0 aliphatic heterocycles. The number of carbonyl (C=O) groups is 1. The van der Waals surface area contributed by atoms with Crippen LogP contribution in [-0.2, 0) is 6.42 Å². The van der Waals surface area contributed by atoms with Crippen LogP contribution >= 0.6 is 0 Å². The number of hydrogen-bond donors (Lipinski definition) is 1. The van der Waals surface area contributed by atoms with Crippen LogP contribution in [0.3, 0.4) is 0 Å². The smallest absolute Gasteiger partial charge is 0.251 e. The second-order valence-electron chi connectivity index (χ2n) is 5.18. The molecule has 0 aliphatic rings. The Morgan fingerprint density at radius 1 is 1.09 bits per heavy atom. The molecule has 6 heteroatoms. The average Bonchev–Trinajstić information content (AvgIpc) is 3.02. The number of aryl methyl sites for hydroxylation is 1. The highest BCUT2D eigenvalue weighted by molar-refractivity contribution is 5.94. The summed E-state index contributed by atoms with van der Waals surface area (Å²) in [4.78, 5) is 12.1. The summed E-state index contributed by atoms with van der Waals surface area (Å²) in [5.74, 6) is 0.617. The van der Waals surface area contributed by atoms with Crippen LogP contribution in [0, 0.1) is 6.92 Å². The summed E-state index contributed by atoms with van der Waals surface area (Å²) in [6, 6.07) is 17.3. The van der Waals surface area contributed by atoms with Crippen LogP contribution in [0.15, 0.2) is 54.6 Å². The van der Waals surface area contributed by atoms with Crippen molar-refractivity contribution in [2.75, 3.05) is 6.54 Å². The molecule has 0 saturated heterocycles. The maximum absolute atomic E-state index is 12.1. The van der Waals surface area contributed by atoms with E-state index in [1.54, 1.807) is 16.8 Å². The van der Waals surface area contributed by atoms with E-state index >= 15 is 0 Å². The quantitative estimate of drug-likeness (QED) is 0.782. The summed E-state index contributed by atoms with van der Waals surface area (Å²) in [6.45, 7) is 2.43. The highest BCUT2D eigenvalue weighted by Crippen LogP contribution is 2.09. The first-order valence-electron chi connectivity index (χ1n) is 7.41. The van der Waals surface area contributed by atoms with Gasteiger partial charge < -0.3 is 5.32 Å². The minimum atomic E-state index is -0.0825. The number of nitrogens with zero attached hydrogens (tertiary/aromatic N) is 4. The fraction of sp³-hybridized carbons (Fsp3) is 0.176. The van der Waals surface area contributed by atoms with Gasteiger partial charge in [-0.25, -0.2) is 0 Å². The molecule has 3 aromatic rings. The van der Waals surface area contributed by atoms with Gasteiger partial charge >= 0.3 is 0 Å². The highest BCUT2D eigenvalue weighted by atomic mass is 16.1. The molecule has 0 spiro atoms. The summed E-state index contributed by atoms with van der Waals surface area (Å²) in [6.07, 6.45) is 0.814. The van der Waals surface area contributed by atoms with Crippen molar-refractivity contribution < 1.29 is 4.79 Å². The largest absolute Gasteiger partial charge is 0.352 e. The van der Waals surface area contributed by atoms with Gasteiger partial charge in [-0.05, 0) is 53.6 Å². The van der Waals surface area contributed by atoms with E-state index in [9.17, 15) is 4.79 Å². The highest BCUT2D eigenvalue weighted by Gasteiger charge is 2.07. The molecule has 116 valence electrons. The van der Waals surface area contributed by atoms with Gasteiger partial charge in [0.25, 0.3) is 5.91 Å². The molecule has 0 bridgehead atoms. The molecule has 1 aromatic heterocycles. The first-order valence-corrected chi connectivity index (χ1v) is 7.41. The van der Waals surface area contributed by atoms with Crippen molar-refractivity contribution in [3.8, 4) is 5.69 Å². The normalized spacial score (nSPS) is 10.5. The van der Waals surface area contributed by atoms with Gasteiger partial charge in [0.15, 0.2) is 5.82 Å². The second-order valence-corrected chi connectivity index (χ2v) is 5.18. The SMILES string of the molecule is Cc1nnnn1-c1ccc(C(=O)NCCc2ccccc2)cc1. The lowest BCUT2D eigenvalue weighted by Gasteiger charge is -2.07. The van der Waals surface area contributed by atoms with Crippen LogP contribution in [0.1, 0.15) is 21.7 Å². The van der Waals surface area contributed by atoms with Crippen molar-refractivity contribution in [3.05, 3.63) is 71.5 Å². The third kappa shape index (κ3) is 3.60. The lowest BCUT2D eigenvalue weighted by Crippen LogP contribution is -2.25. The lowest BCUT2D eigenvalue weighted by atomic mass is 10.1. The first-order chi connectivity index (χ1) is 11.2. The number of hydrogen-bond acceptors (Lipinski definition) is 4. The van der Waals surface area contributed by atoms with Crippen LogP contribution in [0.2, 0.25) is 0 Å². The summed E-state index contributed by atoms with van der Waals surface area (Å²) >= 11 is 0. The molecular formula is C17H17N5O. The summed E-state index contributed by atoms with van der Waals surface area (Å²) in [7, 11) is 0. The number of nitrogens with one attached hydrogen (secondary N) is 1. The van der Waals surface area contributed by atoms with Crippen molar-refractivity contribution in [2.24, 2.45) is 0 Å². The molecule has 2 aromatic carbocycles. The zero-order valence-corrected chi connectivity index (χ0v) is 12.8. The molecule has 0 unspecified atom stereocenters. The van der Waals surface area contributed by atoms with Crippen LogP contribution in [0.5, 0.6) is 0 Å². The van der Waals surface area contributed by atoms with Gasteiger partial charge in [0, 0.05) is 12.1 Å². The Kier molecular flexibility index (Phi) is 4.42. The number of rotatable bonds is 5. The Morgan fingerprint density at radius 3 is 2.48 bits per heavy atom. The fourth-order valence-electron chi connectivity index (χ4n) is 2.29. The van der Waals surface area contributed by atoms with Crippen molar-refractivity contribution in [2.45, 2.75) is 13.3 Å². The van der Waals surface area contributed by atoms with E-state index in [1.165, 1.54) is 5.56 Å². The minimum absolute atomic E-state index is 0.0825. The third-order valence-electron chi connectivity index (χ3n) is 3.54. The van der Waals surface area contributed by atoms with Gasteiger partial charge in [0.1, 0.15) is 0 Å². The Morgan fingerprint density at radius 2 is 1.83 bits per heavy atom. The third-order valence-corrected chi connectivity index (χ3v) is 3.54. The number of amides is 1. The minimum Gasteiger partial charge on any atom is -0.352 e. The van der Waals surface area contributed by atoms with Crippen molar-refractivity contribution >= 4 is 5.91 Å². The molecule has 23 heavy (non-hydrogen) atoms. The Labute approximate surface area is 134 Å². The monoisotopic (exact) mass is 307 g/mol. The van der Waals surface area contributed by atoms with E-state index in [0.29, 0.717) is 17.9 Å². The molecule has 0 fully saturated rings. The first kappa shape index (κ1) is 14.9. The van der Waals surface area contributed by atoms with E-state index in [2.05, 4.69) is 33.0 Å². The number of tetrazole rings is 1. The Hall–Kier alpha value is -3.02. The van der Waals surface area contributed by atoms with Gasteiger partial charge in [-0.2, -0.15) is 4.68 Å². The van der Waals surface area contributed by atoms with E-state index < -0.39 is 0 Å². The van der Waals surface area contributed by atoms with Gasteiger partial charge in [-0.15, -0.1) is 5.10 Å². The molecule has 3 rings (SSSR count). The van der Waals surface area contributed by atoms with E-state index in [0.717, 1.165) is 12.1 Å². The molecule has 0 atom stereocenters. The van der Waals surface area contributed by atoms with Crippen LogP contribution < -0.4 is 5.32 Å². The number of carbonyl (C=O) groups excluding carboxylic acids is 1. The molecule has 0 radical (unpaired) electrons. The number of aromatic nitrogens is 4. The van der Waals surface area contributed by atoms with Crippen LogP contribution in [-0.4, -0.2) is 32.7 Å². The molecule has 1 N–H and O–H groups in total. The Bertz CT molecular complexity index is 780.